The van der Waals surface area contributed by atoms with Gasteiger partial charge in [0.2, 0.25) is 0 Å². The van der Waals surface area contributed by atoms with Crippen molar-refractivity contribution in [2.45, 2.75) is 37.9 Å². The van der Waals surface area contributed by atoms with Crippen molar-refractivity contribution in [3.05, 3.63) is 56.8 Å². The summed E-state index contributed by atoms with van der Waals surface area (Å²) in [6, 6.07) is 6.94. The Bertz CT molecular complexity index is 833. The minimum Gasteiger partial charge on any atom is -1.00 e. The van der Waals surface area contributed by atoms with Crippen LogP contribution in [0.15, 0.2) is 40.1 Å². The van der Waals surface area contributed by atoms with Gasteiger partial charge >= 0.3 is 154 Å². The molecule has 1 heterocycles. The van der Waals surface area contributed by atoms with Crippen molar-refractivity contribution in [1.82, 2.24) is 0 Å². The largest absolute Gasteiger partial charge is 1.00 e. The molecule has 3 atom stereocenters. The number of benzene rings is 1. The number of rotatable bonds is 1. The molecule has 0 saturated heterocycles. The van der Waals surface area contributed by atoms with Crippen LogP contribution >= 0.6 is 11.1 Å². The van der Waals surface area contributed by atoms with Gasteiger partial charge in [-0.05, 0) is 0 Å². The first-order valence-corrected chi connectivity index (χ1v) is 13.5. The third-order valence-electron chi connectivity index (χ3n) is 6.06. The zero-order valence-corrected chi connectivity index (χ0v) is 21.4. The number of hydrogen-bond acceptors (Lipinski definition) is 0. The van der Waals surface area contributed by atoms with Crippen molar-refractivity contribution in [1.29, 1.82) is 0 Å². The summed E-state index contributed by atoms with van der Waals surface area (Å²) in [4.78, 5) is 0. The number of hydrogen-bond donors (Lipinski definition) is 0. The first kappa shape index (κ1) is 20.7. The molecule has 0 radical (unpaired) electrons. The molecule has 0 nitrogen and oxygen atoms in total. The molecule has 0 bridgehead atoms. The zero-order chi connectivity index (χ0) is 16.0. The van der Waals surface area contributed by atoms with E-state index in [1.54, 1.807) is 21.5 Å². The van der Waals surface area contributed by atoms with E-state index >= 15 is 0 Å². The van der Waals surface area contributed by atoms with Crippen LogP contribution in [0.2, 0.25) is 6.55 Å². The van der Waals surface area contributed by atoms with Crippen LogP contribution < -0.4 is 24.8 Å². The van der Waals surface area contributed by atoms with E-state index in [-0.39, 0.29) is 24.8 Å². The summed E-state index contributed by atoms with van der Waals surface area (Å²) in [6.07, 6.45) is 0. The number of halogens is 3. The Morgan fingerprint density at radius 1 is 1.08 bits per heavy atom. The van der Waals surface area contributed by atoms with Gasteiger partial charge < -0.3 is 24.8 Å². The van der Waals surface area contributed by atoms with Gasteiger partial charge in [0.25, 0.3) is 0 Å². The molecule has 3 aliphatic rings. The van der Waals surface area contributed by atoms with Crippen LogP contribution in [0.1, 0.15) is 48.1 Å². The van der Waals surface area contributed by atoms with Crippen LogP contribution in [0.5, 0.6) is 0 Å². The Hall–Kier alpha value is 0.397. The van der Waals surface area contributed by atoms with Gasteiger partial charge in [0, 0.05) is 0 Å². The average molecular weight is 561 g/mol. The molecular weight excluding hydrogens is 541 g/mol. The fraction of sp³-hybridized carbons (Fsp3) is 0.368. The van der Waals surface area contributed by atoms with Crippen molar-refractivity contribution >= 4 is 29.2 Å². The van der Waals surface area contributed by atoms with Crippen molar-refractivity contribution in [3.8, 4) is 0 Å². The molecule has 0 saturated carbocycles. The zero-order valence-electron chi connectivity index (χ0n) is 14.5. The van der Waals surface area contributed by atoms with Gasteiger partial charge in [0.1, 0.15) is 0 Å². The molecule has 0 amide bonds. The van der Waals surface area contributed by atoms with E-state index in [1.165, 1.54) is 52.2 Å². The molecule has 1 aromatic rings. The van der Waals surface area contributed by atoms with Crippen LogP contribution in [0, 0.1) is 5.92 Å². The molecular formula is C19H20Cl3HfSi. The fourth-order valence-corrected chi connectivity index (χ4v) is 14.8. The van der Waals surface area contributed by atoms with Crippen molar-refractivity contribution in [2.24, 2.45) is 5.92 Å². The maximum Gasteiger partial charge on any atom is -1.00 e. The topological polar surface area (TPSA) is 0 Å². The predicted molar refractivity (Wildman–Crippen MR) is 93.7 cm³/mol. The number of fused-ring (bicyclic) bond motifs is 2. The maximum atomic E-state index is 6.90. The first-order valence-electron chi connectivity index (χ1n) is 7.95. The standard InChI is InChI=1S/C19H20ClSi.2ClH.Hf/c1-10-11(2)13(4)17(12(10)3)15-8-6-7-14-9-16-19(18(14)15)21(16,5)20;;;/h6-9,12H,1-5H3;2*1H;/q;;;+2/p-2. The van der Waals surface area contributed by atoms with Gasteiger partial charge in [-0.2, -0.15) is 0 Å². The molecule has 0 N–H and O–H groups in total. The van der Waals surface area contributed by atoms with Gasteiger partial charge in [0.15, 0.2) is 0 Å². The quantitative estimate of drug-likeness (QED) is 0.327. The molecule has 24 heavy (non-hydrogen) atoms. The second-order valence-electron chi connectivity index (χ2n) is 7.06. The molecule has 0 fully saturated rings. The van der Waals surface area contributed by atoms with Crippen LogP contribution in [-0.4, -0.2) is 7.38 Å². The van der Waals surface area contributed by atoms with E-state index < -0.39 is 7.38 Å². The maximum absolute atomic E-state index is 6.90. The van der Waals surface area contributed by atoms with Gasteiger partial charge in [-0.15, -0.1) is 0 Å². The summed E-state index contributed by atoms with van der Waals surface area (Å²) in [5, 5.41) is 3.23. The second-order valence-corrected chi connectivity index (χ2v) is 14.4. The van der Waals surface area contributed by atoms with Crippen molar-refractivity contribution in [3.63, 3.8) is 0 Å². The van der Waals surface area contributed by atoms with Gasteiger partial charge in [-0.25, -0.2) is 0 Å². The summed E-state index contributed by atoms with van der Waals surface area (Å²) in [5.41, 5.74) is 10.6. The van der Waals surface area contributed by atoms with Crippen LogP contribution in [0.3, 0.4) is 0 Å². The van der Waals surface area contributed by atoms with Crippen LogP contribution in [-0.2, 0) is 24.4 Å². The van der Waals surface area contributed by atoms with Gasteiger partial charge in [-0.3, -0.25) is 0 Å². The molecule has 1 aromatic carbocycles. The Balaban J connectivity index is 0.00000104. The van der Waals surface area contributed by atoms with Gasteiger partial charge in [-0.1, -0.05) is 0 Å². The summed E-state index contributed by atoms with van der Waals surface area (Å²) in [7, 11) is -1.68. The minimum atomic E-state index is -1.68. The van der Waals surface area contributed by atoms with E-state index in [0.717, 1.165) is 0 Å². The van der Waals surface area contributed by atoms with Gasteiger partial charge in [0.05, 0.1) is 0 Å². The van der Waals surface area contributed by atoms with E-state index in [9.17, 15) is 0 Å². The van der Waals surface area contributed by atoms with E-state index in [4.69, 9.17) is 11.1 Å². The normalized spacial score (nSPS) is 30.2. The van der Waals surface area contributed by atoms with E-state index in [1.807, 2.05) is 0 Å². The smallest absolute Gasteiger partial charge is 1.00 e. The average Bonchev–Trinajstić information content (AvgIpc) is 2.80. The Morgan fingerprint density at radius 2 is 1.71 bits per heavy atom. The SMILES string of the molecule is CC1=C(C)C(C)C(c2cccc3c2C2=C([CH]3[Hf+2])[Si]2(C)Cl)=C1C.[Cl-].[Cl-]. The monoisotopic (exact) mass is 561 g/mol. The Kier molecular flexibility index (Phi) is 5.63. The summed E-state index contributed by atoms with van der Waals surface area (Å²) in [6.45, 7) is 11.5. The molecule has 0 spiro atoms. The molecule has 5 heteroatoms. The third kappa shape index (κ3) is 2.47. The van der Waals surface area contributed by atoms with Crippen molar-refractivity contribution in [2.75, 3.05) is 0 Å². The molecule has 3 unspecified atom stereocenters. The molecule has 4 rings (SSSR count). The first-order chi connectivity index (χ1) is 10.3. The van der Waals surface area contributed by atoms with E-state index in [2.05, 4.69) is 52.4 Å². The minimum absolute atomic E-state index is 0. The predicted octanol–water partition coefficient (Wildman–Crippen LogP) is -0.285. The van der Waals surface area contributed by atoms with Crippen LogP contribution in [0.25, 0.3) is 10.8 Å². The Morgan fingerprint density at radius 3 is 2.25 bits per heavy atom. The third-order valence-corrected chi connectivity index (χ3v) is 13.2. The summed E-state index contributed by atoms with van der Waals surface area (Å²) >= 11 is 8.09. The molecule has 0 aromatic heterocycles. The second kappa shape index (κ2) is 6.53. The number of allylic oxidation sites excluding steroid dienone is 5. The molecule has 2 aliphatic carbocycles. The summed E-state index contributed by atoms with van der Waals surface area (Å²) < 4.78 is 0.673. The van der Waals surface area contributed by atoms with Crippen molar-refractivity contribution < 1.29 is 49.2 Å². The molecule has 1 aliphatic heterocycles. The molecule has 125 valence electrons. The van der Waals surface area contributed by atoms with Crippen LogP contribution in [0.4, 0.5) is 0 Å². The van der Waals surface area contributed by atoms with E-state index in [0.29, 0.717) is 9.59 Å². The summed E-state index contributed by atoms with van der Waals surface area (Å²) in [5.74, 6) is 0.533. The Labute approximate surface area is 177 Å². The fourth-order valence-electron chi connectivity index (χ4n) is 4.43.